The van der Waals surface area contributed by atoms with E-state index in [1.54, 1.807) is 14.0 Å². The minimum atomic E-state index is -3.68. The lowest BCUT2D eigenvalue weighted by Crippen LogP contribution is -2.42. The molecule has 1 atom stereocenters. The topological polar surface area (TPSA) is 81.7 Å². The van der Waals surface area contributed by atoms with Gasteiger partial charge in [-0.3, -0.25) is 9.52 Å². The van der Waals surface area contributed by atoms with Gasteiger partial charge in [-0.2, -0.15) is 0 Å². The van der Waals surface area contributed by atoms with E-state index in [-0.39, 0.29) is 0 Å². The summed E-state index contributed by atoms with van der Waals surface area (Å²) in [6, 6.07) is 11.3. The van der Waals surface area contributed by atoms with Gasteiger partial charge in [0, 0.05) is 13.2 Å². The first-order chi connectivity index (χ1) is 12.4. The standard InChI is InChI=1S/C19H23NO5S/c1-13(19(21)20-26(22,23)18-7-9-25-10-8-18)14-3-4-16-12-17(24-2)6-5-15(16)11-14/h3-6,11-13,18H,7-10H2,1-2H3,(H,20,21)/t13-/m0/s1. The summed E-state index contributed by atoms with van der Waals surface area (Å²) in [5.41, 5.74) is 0.766. The Morgan fingerprint density at radius 3 is 2.50 bits per heavy atom. The Hall–Kier alpha value is -2.12. The fourth-order valence-corrected chi connectivity index (χ4v) is 4.53. The smallest absolute Gasteiger partial charge is 0.240 e. The first-order valence-electron chi connectivity index (χ1n) is 8.61. The zero-order valence-electron chi connectivity index (χ0n) is 14.9. The number of hydrogen-bond donors (Lipinski definition) is 1. The Morgan fingerprint density at radius 1 is 1.15 bits per heavy atom. The summed E-state index contributed by atoms with van der Waals surface area (Å²) < 4.78 is 37.5. The number of sulfonamides is 1. The molecular formula is C19H23NO5S. The molecule has 0 bridgehead atoms. The summed E-state index contributed by atoms with van der Waals surface area (Å²) in [6.45, 7) is 2.52. The van der Waals surface area contributed by atoms with Gasteiger partial charge in [-0.25, -0.2) is 8.42 Å². The van der Waals surface area contributed by atoms with Gasteiger partial charge in [0.25, 0.3) is 0 Å². The van der Waals surface area contributed by atoms with E-state index in [9.17, 15) is 13.2 Å². The first kappa shape index (κ1) is 18.7. The van der Waals surface area contributed by atoms with E-state index in [1.165, 1.54) is 0 Å². The summed E-state index contributed by atoms with van der Waals surface area (Å²) in [7, 11) is -2.07. The highest BCUT2D eigenvalue weighted by Crippen LogP contribution is 2.25. The number of benzene rings is 2. The van der Waals surface area contributed by atoms with Crippen LogP contribution >= 0.6 is 0 Å². The molecule has 0 radical (unpaired) electrons. The van der Waals surface area contributed by atoms with Crippen LogP contribution in [0.2, 0.25) is 0 Å². The van der Waals surface area contributed by atoms with Crippen LogP contribution in [0.25, 0.3) is 10.8 Å². The summed E-state index contributed by atoms with van der Waals surface area (Å²) in [5, 5.41) is 1.39. The average molecular weight is 377 g/mol. The maximum atomic E-state index is 12.5. The molecule has 1 saturated heterocycles. The Balaban J connectivity index is 1.76. The van der Waals surface area contributed by atoms with Crippen molar-refractivity contribution in [2.75, 3.05) is 20.3 Å². The van der Waals surface area contributed by atoms with Crippen LogP contribution in [0.1, 0.15) is 31.2 Å². The number of fused-ring (bicyclic) bond motifs is 1. The zero-order valence-corrected chi connectivity index (χ0v) is 15.7. The summed E-state index contributed by atoms with van der Waals surface area (Å²) in [5.74, 6) is -0.320. The summed E-state index contributed by atoms with van der Waals surface area (Å²) in [6.07, 6.45) is 0.823. The van der Waals surface area contributed by atoms with Gasteiger partial charge >= 0.3 is 0 Å². The van der Waals surface area contributed by atoms with Crippen molar-refractivity contribution in [2.24, 2.45) is 0 Å². The number of amides is 1. The fraction of sp³-hybridized carbons (Fsp3) is 0.421. The predicted octanol–water partition coefficient (Wildman–Crippen LogP) is 2.58. The number of carbonyl (C=O) groups is 1. The van der Waals surface area contributed by atoms with Crippen LogP contribution in [0.3, 0.4) is 0 Å². The Kier molecular flexibility index (Phi) is 5.48. The molecule has 2 aromatic carbocycles. The maximum Gasteiger partial charge on any atom is 0.240 e. The van der Waals surface area contributed by atoms with Crippen molar-refractivity contribution < 1.29 is 22.7 Å². The number of methoxy groups -OCH3 is 1. The lowest BCUT2D eigenvalue weighted by molar-refractivity contribution is -0.120. The Morgan fingerprint density at radius 2 is 1.81 bits per heavy atom. The van der Waals surface area contributed by atoms with Gasteiger partial charge in [0.15, 0.2) is 0 Å². The van der Waals surface area contributed by atoms with Crippen molar-refractivity contribution >= 4 is 26.7 Å². The molecule has 0 aliphatic carbocycles. The van der Waals surface area contributed by atoms with Crippen LogP contribution in [0.4, 0.5) is 0 Å². The third-order valence-corrected chi connectivity index (χ3v) is 6.65. The van der Waals surface area contributed by atoms with Gasteiger partial charge in [-0.15, -0.1) is 0 Å². The number of rotatable bonds is 5. The highest BCUT2D eigenvalue weighted by molar-refractivity contribution is 7.90. The van der Waals surface area contributed by atoms with Crippen molar-refractivity contribution in [1.29, 1.82) is 0 Å². The minimum absolute atomic E-state index is 0.406. The van der Waals surface area contributed by atoms with Crippen LogP contribution in [0.15, 0.2) is 36.4 Å². The molecule has 26 heavy (non-hydrogen) atoms. The molecule has 1 aliphatic heterocycles. The average Bonchev–Trinajstić information content (AvgIpc) is 2.66. The minimum Gasteiger partial charge on any atom is -0.497 e. The van der Waals surface area contributed by atoms with Crippen LogP contribution in [0.5, 0.6) is 5.75 Å². The van der Waals surface area contributed by atoms with Gasteiger partial charge in [0.1, 0.15) is 5.75 Å². The molecule has 2 aromatic rings. The molecule has 1 heterocycles. The van der Waals surface area contributed by atoms with Crippen molar-refractivity contribution in [3.8, 4) is 5.75 Å². The predicted molar refractivity (Wildman–Crippen MR) is 99.8 cm³/mol. The number of hydrogen-bond acceptors (Lipinski definition) is 5. The maximum absolute atomic E-state index is 12.5. The number of ether oxygens (including phenoxy) is 2. The van der Waals surface area contributed by atoms with Gasteiger partial charge < -0.3 is 9.47 Å². The van der Waals surface area contributed by atoms with Crippen LogP contribution in [0, 0.1) is 0 Å². The van der Waals surface area contributed by atoms with Gasteiger partial charge in [0.05, 0.1) is 18.3 Å². The molecule has 7 heteroatoms. The second-order valence-corrected chi connectivity index (χ2v) is 8.48. The molecule has 140 valence electrons. The summed E-state index contributed by atoms with van der Waals surface area (Å²) >= 11 is 0. The van der Waals surface area contributed by atoms with Crippen LogP contribution in [-0.4, -0.2) is 39.9 Å². The van der Waals surface area contributed by atoms with Gasteiger partial charge in [-0.1, -0.05) is 24.3 Å². The van der Waals surface area contributed by atoms with E-state index < -0.39 is 27.1 Å². The lowest BCUT2D eigenvalue weighted by atomic mass is 9.97. The largest absolute Gasteiger partial charge is 0.497 e. The number of carbonyl (C=O) groups excluding carboxylic acids is 1. The van der Waals surface area contributed by atoms with Crippen molar-refractivity contribution in [2.45, 2.75) is 30.9 Å². The van der Waals surface area contributed by atoms with Crippen LogP contribution < -0.4 is 9.46 Å². The second-order valence-electron chi connectivity index (χ2n) is 6.52. The van der Waals surface area contributed by atoms with Gasteiger partial charge in [0.2, 0.25) is 15.9 Å². The molecule has 3 rings (SSSR count). The molecule has 0 aromatic heterocycles. The van der Waals surface area contributed by atoms with E-state index >= 15 is 0 Å². The van der Waals surface area contributed by atoms with Crippen molar-refractivity contribution in [3.63, 3.8) is 0 Å². The molecule has 0 unspecified atom stereocenters. The zero-order chi connectivity index (χ0) is 18.7. The molecule has 6 nitrogen and oxygen atoms in total. The highest BCUT2D eigenvalue weighted by atomic mass is 32.2. The van der Waals surface area contributed by atoms with Crippen molar-refractivity contribution in [3.05, 3.63) is 42.0 Å². The quantitative estimate of drug-likeness (QED) is 0.866. The molecule has 0 saturated carbocycles. The third-order valence-electron chi connectivity index (χ3n) is 4.81. The normalized spacial score (nSPS) is 17.0. The van der Waals surface area contributed by atoms with E-state index in [0.29, 0.717) is 26.1 Å². The molecule has 1 amide bonds. The lowest BCUT2D eigenvalue weighted by Gasteiger charge is -2.23. The molecular weight excluding hydrogens is 354 g/mol. The Bertz CT molecular complexity index is 903. The van der Waals surface area contributed by atoms with Crippen molar-refractivity contribution in [1.82, 2.24) is 4.72 Å². The molecule has 1 N–H and O–H groups in total. The first-order valence-corrected chi connectivity index (χ1v) is 10.2. The van der Waals surface area contributed by atoms with E-state index in [1.807, 2.05) is 36.4 Å². The fourth-order valence-electron chi connectivity index (χ4n) is 3.09. The molecule has 0 spiro atoms. The van der Waals surface area contributed by atoms with E-state index in [0.717, 1.165) is 22.1 Å². The molecule has 1 aliphatic rings. The van der Waals surface area contributed by atoms with Gasteiger partial charge in [-0.05, 0) is 48.2 Å². The SMILES string of the molecule is COc1ccc2cc([C@H](C)C(=O)NS(=O)(=O)C3CCOCC3)ccc2c1. The highest BCUT2D eigenvalue weighted by Gasteiger charge is 2.30. The van der Waals surface area contributed by atoms with E-state index in [2.05, 4.69) is 4.72 Å². The Labute approximate surface area is 153 Å². The summed E-state index contributed by atoms with van der Waals surface area (Å²) in [4.78, 5) is 12.5. The van der Waals surface area contributed by atoms with Crippen LogP contribution in [-0.2, 0) is 19.6 Å². The number of nitrogens with one attached hydrogen (secondary N) is 1. The second kappa shape index (κ2) is 7.63. The monoisotopic (exact) mass is 377 g/mol. The van der Waals surface area contributed by atoms with E-state index in [4.69, 9.17) is 9.47 Å². The molecule has 1 fully saturated rings. The third kappa shape index (κ3) is 3.99.